The van der Waals surface area contributed by atoms with Crippen LogP contribution in [0, 0.1) is 6.33 Å². The molecule has 0 spiro atoms. The second-order valence-electron chi connectivity index (χ2n) is 8.18. The number of carbonyl (C=O) groups is 1. The van der Waals surface area contributed by atoms with Gasteiger partial charge in [0.25, 0.3) is 0 Å². The predicted octanol–water partition coefficient (Wildman–Crippen LogP) is -2.55. The van der Waals surface area contributed by atoms with E-state index in [2.05, 4.69) is 15.0 Å². The van der Waals surface area contributed by atoms with Crippen LogP contribution < -0.4 is 4.84 Å². The van der Waals surface area contributed by atoms with Crippen LogP contribution in [0.1, 0.15) is 13.8 Å². The number of rotatable bonds is 7. The van der Waals surface area contributed by atoms with Crippen LogP contribution in [0.4, 0.5) is 0 Å². The molecule has 36 heavy (non-hydrogen) atoms. The summed E-state index contributed by atoms with van der Waals surface area (Å²) in [5, 5.41) is 49.7. The number of aromatic nitrogens is 3. The number of benzene rings is 1. The Morgan fingerprint density at radius 2 is 1.81 bits per heavy atom. The summed E-state index contributed by atoms with van der Waals surface area (Å²) in [5.41, 5.74) is 0.815. The molecule has 2 aliphatic heterocycles. The molecule has 0 amide bonds. The first-order chi connectivity index (χ1) is 17.3. The third-order valence-corrected chi connectivity index (χ3v) is 5.87. The van der Waals surface area contributed by atoms with Gasteiger partial charge in [0.05, 0.1) is 0 Å². The summed E-state index contributed by atoms with van der Waals surface area (Å²) in [6.07, 6.45) is -14.3. The Kier molecular flexibility index (Phi) is 8.17. The molecule has 4 rings (SSSR count). The molecule has 10 atom stereocenters. The number of hydrogen-bond acceptors (Lipinski definition) is 13. The molecule has 1 aromatic carbocycles. The van der Waals surface area contributed by atoms with Crippen LogP contribution in [0.25, 0.3) is 11.0 Å². The minimum absolute atomic E-state index is 0.0895. The summed E-state index contributed by atoms with van der Waals surface area (Å²) in [4.78, 5) is 19.2. The molecule has 2 aromatic rings. The van der Waals surface area contributed by atoms with Crippen molar-refractivity contribution in [1.82, 2.24) is 15.2 Å². The molecule has 2 aliphatic rings. The van der Waals surface area contributed by atoms with Crippen molar-refractivity contribution >= 4 is 17.0 Å². The molecule has 1 aromatic heterocycles. The molecule has 0 bridgehead atoms. The van der Waals surface area contributed by atoms with Crippen molar-refractivity contribution in [2.75, 3.05) is 6.61 Å². The van der Waals surface area contributed by atoms with Gasteiger partial charge in [-0.3, -0.25) is 0 Å². The molecule has 15 heteroatoms. The summed E-state index contributed by atoms with van der Waals surface area (Å²) >= 11 is 0. The van der Waals surface area contributed by atoms with Crippen LogP contribution in [0.15, 0.2) is 24.3 Å². The first kappa shape index (κ1) is 26.4. The van der Waals surface area contributed by atoms with Crippen molar-refractivity contribution in [1.29, 1.82) is 0 Å². The van der Waals surface area contributed by atoms with Gasteiger partial charge in [0, 0.05) is 0 Å². The normalized spacial score (nSPS) is 36.8. The maximum absolute atomic E-state index is 13.1. The van der Waals surface area contributed by atoms with Gasteiger partial charge < -0.3 is 0 Å². The molecular weight excluding hydrogens is 486 g/mol. The van der Waals surface area contributed by atoms with Crippen molar-refractivity contribution in [3.05, 3.63) is 24.3 Å². The van der Waals surface area contributed by atoms with Gasteiger partial charge in [0.2, 0.25) is 0 Å². The fourth-order valence-electron chi connectivity index (χ4n) is 4.02. The Bertz CT molecular complexity index is 1090. The zero-order valence-electron chi connectivity index (χ0n) is 19.2. The average Bonchev–Trinajstić information content (AvgIpc) is 3.27. The van der Waals surface area contributed by atoms with E-state index in [1.54, 1.807) is 31.2 Å². The Balaban J connectivity index is 1.56. The number of nitrogens with zero attached hydrogens (tertiary/aromatic N) is 3. The molecule has 0 radical (unpaired) electrons. The van der Waals surface area contributed by atoms with E-state index in [1.165, 1.54) is 13.3 Å². The minimum atomic E-state index is -1.77. The Morgan fingerprint density at radius 3 is 2.53 bits per heavy atom. The maximum atomic E-state index is 13.1. The first-order valence-electron chi connectivity index (χ1n) is 11.1. The molecule has 2 saturated heterocycles. The Morgan fingerprint density at radius 1 is 1.08 bits per heavy atom. The molecule has 0 saturated carbocycles. The van der Waals surface area contributed by atoms with Gasteiger partial charge in [-0.15, -0.1) is 5.10 Å². The van der Waals surface area contributed by atoms with Crippen LogP contribution in [0.5, 0.6) is 0 Å². The summed E-state index contributed by atoms with van der Waals surface area (Å²) in [6, 6.07) is 6.65. The predicted molar refractivity (Wildman–Crippen MR) is 112 cm³/mol. The van der Waals surface area contributed by atoms with Gasteiger partial charge >= 0.3 is 168 Å². The summed E-state index contributed by atoms with van der Waals surface area (Å²) in [7, 11) is 0. The van der Waals surface area contributed by atoms with Crippen molar-refractivity contribution in [2.24, 2.45) is 0 Å². The number of aliphatic hydroxyl groups excluding tert-OH is 4. The number of aliphatic hydroxyl groups is 4. The summed E-state index contributed by atoms with van der Waals surface area (Å²) in [5.74, 6) is -1.07. The molecule has 15 nitrogen and oxygen atoms in total. The fourth-order valence-corrected chi connectivity index (χ4v) is 4.02. The molecule has 196 valence electrons. The van der Waals surface area contributed by atoms with Gasteiger partial charge in [-0.2, -0.15) is 0 Å². The van der Waals surface area contributed by atoms with Crippen molar-refractivity contribution in [3.8, 4) is 6.33 Å². The van der Waals surface area contributed by atoms with E-state index >= 15 is 0 Å². The van der Waals surface area contributed by atoms with E-state index < -0.39 is 67.4 Å². The van der Waals surface area contributed by atoms with E-state index in [-0.39, 0.29) is 6.61 Å². The molecule has 3 heterocycles. The van der Waals surface area contributed by atoms with Gasteiger partial charge in [0.15, 0.2) is 0 Å². The zero-order valence-corrected chi connectivity index (χ0v) is 19.2. The second kappa shape index (κ2) is 11.1. The standard InChI is InChI=1S/C21H26N3O12/c1-3-31-17-14(28)15(29)20(35-21(17)32-8-25)34-16-13(27)12(26)9(2)33-18(16)19(30)36-24-11-7-5-4-6-10(11)22-23-24/h4-7,9,12-18,20-21,26-29H,3H2,1-2H3/q+1/t9-,12?,13+,14-,15?,16-,17-,18?,20-,21?/m0/s1. The Hall–Kier alpha value is -2.69. The molecule has 4 N–H and O–H groups in total. The van der Waals surface area contributed by atoms with Gasteiger partial charge in [0.1, 0.15) is 5.52 Å². The third-order valence-electron chi connectivity index (χ3n) is 5.87. The second-order valence-corrected chi connectivity index (χ2v) is 8.18. The van der Waals surface area contributed by atoms with Crippen LogP contribution in [-0.4, -0.2) is 110 Å². The first-order valence-corrected chi connectivity index (χ1v) is 11.1. The number of fused-ring (bicyclic) bond motifs is 1. The Labute approximate surface area is 203 Å². The van der Waals surface area contributed by atoms with Crippen LogP contribution in [0.2, 0.25) is 0 Å². The molecular formula is C21H26N3O12+. The average molecular weight is 512 g/mol. The van der Waals surface area contributed by atoms with E-state index in [1.807, 2.05) is 0 Å². The van der Waals surface area contributed by atoms with Crippen LogP contribution in [0.3, 0.4) is 0 Å². The molecule has 2 fully saturated rings. The quantitative estimate of drug-likeness (QED) is 0.223. The van der Waals surface area contributed by atoms with E-state index in [4.69, 9.17) is 23.8 Å². The van der Waals surface area contributed by atoms with Gasteiger partial charge in [-0.1, -0.05) is 12.1 Å². The van der Waals surface area contributed by atoms with E-state index in [0.717, 1.165) is 4.85 Å². The molecule has 0 aliphatic carbocycles. The fraction of sp³-hybridized carbons (Fsp3) is 0.619. The zero-order chi connectivity index (χ0) is 26.0. The van der Waals surface area contributed by atoms with Gasteiger partial charge in [-0.25, -0.2) is 0 Å². The molecule has 4 unspecified atom stereocenters. The third kappa shape index (κ3) is 5.07. The van der Waals surface area contributed by atoms with Gasteiger partial charge in [-0.05, 0) is 12.1 Å². The number of para-hydroxylation sites is 1. The SMILES string of the molecule is CCO[C@@H]1C(OC#[O+])O[C@H](O[C@@H]2C(C(=O)On3nnc4ccccc43)O[C@@H](C)C(O)[C@H]2O)C(O)[C@@H]1O. The van der Waals surface area contributed by atoms with Crippen molar-refractivity contribution in [2.45, 2.75) is 75.3 Å². The van der Waals surface area contributed by atoms with E-state index in [0.29, 0.717) is 11.0 Å². The van der Waals surface area contributed by atoms with Crippen molar-refractivity contribution in [3.63, 3.8) is 0 Å². The summed E-state index contributed by atoms with van der Waals surface area (Å²) in [6.45, 7) is 3.11. The monoisotopic (exact) mass is 512 g/mol. The number of ether oxygens (including phenoxy) is 5. The topological polar surface area (TPSA) is 204 Å². The van der Waals surface area contributed by atoms with Crippen molar-refractivity contribution < 1.29 is 58.4 Å². The van der Waals surface area contributed by atoms with E-state index in [9.17, 15) is 29.9 Å². The number of hydrogen-bond donors (Lipinski definition) is 4. The summed E-state index contributed by atoms with van der Waals surface area (Å²) < 4.78 is 37.3. The number of carbonyl (C=O) groups excluding carboxylic acids is 1. The van der Waals surface area contributed by atoms with Crippen LogP contribution >= 0.6 is 0 Å². The van der Waals surface area contributed by atoms with Crippen LogP contribution in [-0.2, 0) is 33.1 Å².